The summed E-state index contributed by atoms with van der Waals surface area (Å²) in [6, 6.07) is 2.31. The van der Waals surface area contributed by atoms with Crippen LogP contribution in [0.4, 0.5) is 0 Å². The van der Waals surface area contributed by atoms with Crippen molar-refractivity contribution in [2.75, 3.05) is 6.54 Å². The molecule has 0 aromatic heterocycles. The van der Waals surface area contributed by atoms with Gasteiger partial charge in [0.1, 0.15) is 0 Å². The van der Waals surface area contributed by atoms with Crippen LogP contribution in [0.1, 0.15) is 59.3 Å². The largest absolute Gasteiger partial charge is 0.302 e. The first-order valence-electron chi connectivity index (χ1n) is 6.33. The molecule has 0 aromatic carbocycles. The highest BCUT2D eigenvalue weighted by Gasteiger charge is 2.01. The summed E-state index contributed by atoms with van der Waals surface area (Å²) in [5.41, 5.74) is 0. The molecule has 0 fully saturated rings. The second-order valence-electron chi connectivity index (χ2n) is 4.64. The van der Waals surface area contributed by atoms with Crippen molar-refractivity contribution in [3.8, 4) is 6.07 Å². The molecule has 15 heavy (non-hydrogen) atoms. The van der Waals surface area contributed by atoms with E-state index in [1.807, 2.05) is 6.92 Å². The average Bonchev–Trinajstić information content (AvgIpc) is 2.22. The molecule has 2 heteroatoms. The summed E-state index contributed by atoms with van der Waals surface area (Å²) >= 11 is 0. The third kappa shape index (κ3) is 9.75. The van der Waals surface area contributed by atoms with E-state index in [4.69, 9.17) is 5.26 Å². The topological polar surface area (TPSA) is 35.8 Å². The summed E-state index contributed by atoms with van der Waals surface area (Å²) in [5, 5.41) is 12.0. The van der Waals surface area contributed by atoms with Gasteiger partial charge in [0.15, 0.2) is 0 Å². The van der Waals surface area contributed by atoms with Crippen molar-refractivity contribution >= 4 is 0 Å². The Morgan fingerprint density at radius 1 is 1.13 bits per heavy atom. The first-order chi connectivity index (χ1) is 7.20. The molecule has 0 aromatic rings. The van der Waals surface area contributed by atoms with E-state index in [1.165, 1.54) is 32.1 Å². The summed E-state index contributed by atoms with van der Waals surface area (Å²) < 4.78 is 0. The summed E-state index contributed by atoms with van der Waals surface area (Å²) in [4.78, 5) is 0. The Kier molecular flexibility index (Phi) is 9.62. The van der Waals surface area contributed by atoms with Gasteiger partial charge in [-0.2, -0.15) is 5.26 Å². The van der Waals surface area contributed by atoms with Crippen molar-refractivity contribution in [1.29, 1.82) is 5.26 Å². The minimum Gasteiger partial charge on any atom is -0.302 e. The van der Waals surface area contributed by atoms with Gasteiger partial charge in [-0.05, 0) is 25.3 Å². The molecule has 0 amide bonds. The van der Waals surface area contributed by atoms with Crippen LogP contribution < -0.4 is 5.32 Å². The Bertz CT molecular complexity index is 170. The van der Waals surface area contributed by atoms with E-state index >= 15 is 0 Å². The predicted octanol–water partition coefficient (Wildman–Crippen LogP) is 3.48. The molecule has 0 aliphatic rings. The van der Waals surface area contributed by atoms with Crippen LogP contribution in [0.15, 0.2) is 0 Å². The highest BCUT2D eigenvalue weighted by atomic mass is 14.9. The SMILES string of the molecule is CCC(C#N)NCCCCCCC(C)C. The van der Waals surface area contributed by atoms with Crippen molar-refractivity contribution in [1.82, 2.24) is 5.32 Å². The van der Waals surface area contributed by atoms with E-state index < -0.39 is 0 Å². The third-order valence-electron chi connectivity index (χ3n) is 2.66. The quantitative estimate of drug-likeness (QED) is 0.591. The molecule has 1 N–H and O–H groups in total. The molecule has 0 bridgehead atoms. The zero-order valence-corrected chi connectivity index (χ0v) is 10.6. The number of unbranched alkanes of at least 4 members (excludes halogenated alkanes) is 3. The molecule has 2 nitrogen and oxygen atoms in total. The predicted molar refractivity (Wildman–Crippen MR) is 65.6 cm³/mol. The molecule has 0 spiro atoms. The molecule has 0 saturated carbocycles. The maximum Gasteiger partial charge on any atom is 0.0950 e. The number of hydrogen-bond acceptors (Lipinski definition) is 2. The fourth-order valence-corrected chi connectivity index (χ4v) is 1.59. The third-order valence-corrected chi connectivity index (χ3v) is 2.66. The van der Waals surface area contributed by atoms with E-state index in [9.17, 15) is 0 Å². The lowest BCUT2D eigenvalue weighted by molar-refractivity contribution is 0.502. The zero-order chi connectivity index (χ0) is 11.5. The molecule has 0 rings (SSSR count). The lowest BCUT2D eigenvalue weighted by atomic mass is 10.0. The van der Waals surface area contributed by atoms with Crippen LogP contribution in [0.25, 0.3) is 0 Å². The molecule has 1 unspecified atom stereocenters. The summed E-state index contributed by atoms with van der Waals surface area (Å²) in [5.74, 6) is 0.839. The minimum atomic E-state index is 0.0562. The highest BCUT2D eigenvalue weighted by molar-refractivity contribution is 4.87. The molecular weight excluding hydrogens is 184 g/mol. The van der Waals surface area contributed by atoms with Gasteiger partial charge in [-0.15, -0.1) is 0 Å². The second-order valence-corrected chi connectivity index (χ2v) is 4.64. The maximum atomic E-state index is 8.72. The van der Waals surface area contributed by atoms with Gasteiger partial charge >= 0.3 is 0 Å². The molecule has 0 saturated heterocycles. The lowest BCUT2D eigenvalue weighted by Gasteiger charge is -2.08. The van der Waals surface area contributed by atoms with Crippen LogP contribution in [0.5, 0.6) is 0 Å². The van der Waals surface area contributed by atoms with E-state index in [1.54, 1.807) is 0 Å². The van der Waals surface area contributed by atoms with E-state index in [2.05, 4.69) is 25.2 Å². The van der Waals surface area contributed by atoms with Crippen molar-refractivity contribution in [2.45, 2.75) is 65.3 Å². The Balaban J connectivity index is 3.15. The molecule has 0 heterocycles. The first-order valence-corrected chi connectivity index (χ1v) is 6.33. The molecule has 88 valence electrons. The van der Waals surface area contributed by atoms with Crippen LogP contribution in [-0.2, 0) is 0 Å². The zero-order valence-electron chi connectivity index (χ0n) is 10.6. The van der Waals surface area contributed by atoms with Gasteiger partial charge in [0.25, 0.3) is 0 Å². The Hall–Kier alpha value is -0.550. The van der Waals surface area contributed by atoms with Crippen LogP contribution in [0, 0.1) is 17.2 Å². The van der Waals surface area contributed by atoms with Crippen LogP contribution in [0.3, 0.4) is 0 Å². The smallest absolute Gasteiger partial charge is 0.0950 e. The van der Waals surface area contributed by atoms with Crippen molar-refractivity contribution in [3.05, 3.63) is 0 Å². The first kappa shape index (κ1) is 14.5. The Labute approximate surface area is 95.1 Å². The van der Waals surface area contributed by atoms with Crippen LogP contribution >= 0.6 is 0 Å². The van der Waals surface area contributed by atoms with Gasteiger partial charge in [0, 0.05) is 0 Å². The Morgan fingerprint density at radius 3 is 2.33 bits per heavy atom. The van der Waals surface area contributed by atoms with Crippen LogP contribution in [0.2, 0.25) is 0 Å². The number of hydrogen-bond donors (Lipinski definition) is 1. The number of nitrogens with one attached hydrogen (secondary N) is 1. The summed E-state index contributed by atoms with van der Waals surface area (Å²) in [6.45, 7) is 7.60. The van der Waals surface area contributed by atoms with Gasteiger partial charge in [-0.25, -0.2) is 0 Å². The van der Waals surface area contributed by atoms with Crippen molar-refractivity contribution < 1.29 is 0 Å². The van der Waals surface area contributed by atoms with Gasteiger partial charge in [-0.3, -0.25) is 0 Å². The standard InChI is InChI=1S/C13H26N2/c1-4-13(11-14)15-10-8-6-5-7-9-12(2)3/h12-13,15H,4-10H2,1-3H3. The minimum absolute atomic E-state index is 0.0562. The second kappa shape index (κ2) is 9.98. The summed E-state index contributed by atoms with van der Waals surface area (Å²) in [6.07, 6.45) is 7.45. The average molecular weight is 210 g/mol. The van der Waals surface area contributed by atoms with E-state index in [-0.39, 0.29) is 6.04 Å². The van der Waals surface area contributed by atoms with E-state index in [0.29, 0.717) is 0 Å². The normalized spacial score (nSPS) is 12.7. The molecule has 0 radical (unpaired) electrons. The van der Waals surface area contributed by atoms with E-state index in [0.717, 1.165) is 18.9 Å². The summed E-state index contributed by atoms with van der Waals surface area (Å²) in [7, 11) is 0. The molecule has 1 atom stereocenters. The molecule has 0 aliphatic carbocycles. The fraction of sp³-hybridized carbons (Fsp3) is 0.923. The monoisotopic (exact) mass is 210 g/mol. The van der Waals surface area contributed by atoms with Gasteiger partial charge in [-0.1, -0.05) is 46.5 Å². The van der Waals surface area contributed by atoms with Crippen molar-refractivity contribution in [3.63, 3.8) is 0 Å². The molecule has 0 aliphatic heterocycles. The lowest BCUT2D eigenvalue weighted by Crippen LogP contribution is -2.27. The fourth-order valence-electron chi connectivity index (χ4n) is 1.59. The van der Waals surface area contributed by atoms with Gasteiger partial charge < -0.3 is 5.32 Å². The number of nitriles is 1. The maximum absolute atomic E-state index is 8.72. The van der Waals surface area contributed by atoms with Gasteiger partial charge in [0.05, 0.1) is 12.1 Å². The number of nitrogens with zero attached hydrogens (tertiary/aromatic N) is 1. The van der Waals surface area contributed by atoms with Gasteiger partial charge in [0.2, 0.25) is 0 Å². The highest BCUT2D eigenvalue weighted by Crippen LogP contribution is 2.08. The molecular formula is C13H26N2. The Morgan fingerprint density at radius 2 is 1.80 bits per heavy atom. The number of rotatable bonds is 9. The van der Waals surface area contributed by atoms with Crippen LogP contribution in [-0.4, -0.2) is 12.6 Å². The van der Waals surface area contributed by atoms with Crippen molar-refractivity contribution in [2.24, 2.45) is 5.92 Å².